The van der Waals surface area contributed by atoms with Crippen molar-refractivity contribution >= 4 is 30.2 Å². The number of rotatable bonds is 9. The minimum atomic E-state index is -2.19. The largest absolute Gasteiger partial charge is 0.469 e. The summed E-state index contributed by atoms with van der Waals surface area (Å²) >= 11 is 3.98. The maximum absolute atomic E-state index is 12.8. The molecule has 0 aromatic heterocycles. The number of hydrogen-bond acceptors (Lipinski definition) is 8. The lowest BCUT2D eigenvalue weighted by molar-refractivity contribution is -0.318. The van der Waals surface area contributed by atoms with Gasteiger partial charge in [-0.2, -0.15) is 0 Å². The molecule has 4 rings (SSSR count). The molecule has 1 heterocycles. The van der Waals surface area contributed by atoms with Crippen LogP contribution in [0, 0.1) is 35.5 Å². The number of methoxy groups -OCH3 is 4. The molecule has 1 aliphatic heterocycles. The first-order chi connectivity index (χ1) is 19.2. The van der Waals surface area contributed by atoms with Gasteiger partial charge in [0.25, 0.3) is 0 Å². The van der Waals surface area contributed by atoms with Crippen molar-refractivity contribution in [3.05, 3.63) is 23.2 Å². The molecule has 0 N–H and O–H groups in total. The quantitative estimate of drug-likeness (QED) is 0.177. The Kier molecular flexibility index (Phi) is 10.4. The second-order valence-electron chi connectivity index (χ2n) is 13.7. The summed E-state index contributed by atoms with van der Waals surface area (Å²) in [5.41, 5.74) is 0. The van der Waals surface area contributed by atoms with Crippen molar-refractivity contribution in [2.24, 2.45) is 35.5 Å². The fraction of sp³-hybridized carbons (Fsp3) is 0.839. The fourth-order valence-corrected chi connectivity index (χ4v) is 9.84. The minimum Gasteiger partial charge on any atom is -0.469 e. The first-order valence-electron chi connectivity index (χ1n) is 14.9. The lowest BCUT2D eigenvalue weighted by Crippen LogP contribution is -2.60. The molecular weight excluding hydrogens is 608 g/mol. The summed E-state index contributed by atoms with van der Waals surface area (Å²) in [5, 5.41) is 0.0258. The van der Waals surface area contributed by atoms with Gasteiger partial charge in [-0.1, -0.05) is 48.9 Å². The van der Waals surface area contributed by atoms with Crippen LogP contribution in [0.1, 0.15) is 40.5 Å². The molecule has 3 fully saturated rings. The third-order valence-corrected chi connectivity index (χ3v) is 16.0. The fourth-order valence-electron chi connectivity index (χ4n) is 7.60. The summed E-state index contributed by atoms with van der Waals surface area (Å²) in [7, 11) is 4.27. The molecule has 0 amide bonds. The number of ether oxygens (including phenoxy) is 6. The predicted octanol–water partition coefficient (Wildman–Crippen LogP) is 5.71. The van der Waals surface area contributed by atoms with Gasteiger partial charge in [0.2, 0.25) is 0 Å². The lowest BCUT2D eigenvalue weighted by Gasteiger charge is -2.46. The van der Waals surface area contributed by atoms with Crippen molar-refractivity contribution in [3.63, 3.8) is 0 Å². The molecule has 41 heavy (non-hydrogen) atoms. The van der Waals surface area contributed by atoms with Gasteiger partial charge >= 0.3 is 5.97 Å². The Labute approximate surface area is 256 Å². The van der Waals surface area contributed by atoms with Gasteiger partial charge in [0, 0.05) is 27.2 Å². The highest BCUT2D eigenvalue weighted by Crippen LogP contribution is 2.60. The molecule has 0 bridgehead atoms. The van der Waals surface area contributed by atoms with E-state index in [0.717, 1.165) is 17.3 Å². The Hall–Kier alpha value is -0.593. The lowest BCUT2D eigenvalue weighted by atomic mass is 9.71. The normalized spacial score (nSPS) is 42.8. The van der Waals surface area contributed by atoms with Gasteiger partial charge in [-0.25, -0.2) is 0 Å². The summed E-state index contributed by atoms with van der Waals surface area (Å²) in [4.78, 5) is 12.8. The SMILES string of the molecule is C=C[C@@H]1[C@@H]2C=C(Br)[C@H]3[C@@H](C[C@H](O[C@@H]4O[C@@H](C)[C@H](OC)[C@@H](OC)[C@H]4OC)[C@@H]3O[Si](C)(C)C(C)(C)C)[C@@H]2C[C@@H]1C(=O)OC. The molecule has 10 heteroatoms. The van der Waals surface area contributed by atoms with Crippen LogP contribution in [0.5, 0.6) is 0 Å². The molecule has 4 aliphatic rings. The average molecular weight is 660 g/mol. The van der Waals surface area contributed by atoms with Crippen LogP contribution in [0.3, 0.4) is 0 Å². The van der Waals surface area contributed by atoms with Crippen molar-refractivity contribution in [1.29, 1.82) is 0 Å². The van der Waals surface area contributed by atoms with Crippen molar-refractivity contribution in [2.75, 3.05) is 28.4 Å². The predicted molar refractivity (Wildman–Crippen MR) is 163 cm³/mol. The van der Waals surface area contributed by atoms with Crippen LogP contribution in [0.4, 0.5) is 0 Å². The number of hydrogen-bond donors (Lipinski definition) is 0. The zero-order valence-electron chi connectivity index (χ0n) is 26.4. The van der Waals surface area contributed by atoms with Crippen LogP contribution in [-0.4, -0.2) is 85.6 Å². The summed E-state index contributed by atoms with van der Waals surface area (Å²) < 4.78 is 44.4. The van der Waals surface area contributed by atoms with Gasteiger partial charge in [-0.15, -0.1) is 6.58 Å². The molecule has 0 aromatic rings. The Bertz CT molecular complexity index is 982. The van der Waals surface area contributed by atoms with E-state index in [0.29, 0.717) is 5.92 Å². The molecule has 234 valence electrons. The van der Waals surface area contributed by atoms with Crippen LogP contribution in [0.15, 0.2) is 23.2 Å². The number of fused-ring (bicyclic) bond motifs is 3. The first-order valence-corrected chi connectivity index (χ1v) is 18.6. The molecule has 0 radical (unpaired) electrons. The topological polar surface area (TPSA) is 81.7 Å². The second-order valence-corrected chi connectivity index (χ2v) is 19.4. The van der Waals surface area contributed by atoms with E-state index in [1.54, 1.807) is 21.3 Å². The van der Waals surface area contributed by atoms with Crippen LogP contribution < -0.4 is 0 Å². The van der Waals surface area contributed by atoms with Crippen LogP contribution in [0.25, 0.3) is 0 Å². The summed E-state index contributed by atoms with van der Waals surface area (Å²) in [6.07, 6.45) is 3.42. The zero-order valence-corrected chi connectivity index (χ0v) is 29.0. The maximum atomic E-state index is 12.8. The van der Waals surface area contributed by atoms with E-state index >= 15 is 0 Å². The van der Waals surface area contributed by atoms with Crippen molar-refractivity contribution in [2.45, 2.75) is 102 Å². The highest BCUT2D eigenvalue weighted by molar-refractivity contribution is 9.11. The van der Waals surface area contributed by atoms with Gasteiger partial charge in [-0.3, -0.25) is 4.79 Å². The average Bonchev–Trinajstić information content (AvgIpc) is 3.45. The maximum Gasteiger partial charge on any atom is 0.309 e. The summed E-state index contributed by atoms with van der Waals surface area (Å²) in [5.74, 6) is 0.563. The number of esters is 1. The van der Waals surface area contributed by atoms with Crippen LogP contribution in [0.2, 0.25) is 18.1 Å². The Morgan fingerprint density at radius 1 is 1.02 bits per heavy atom. The van der Waals surface area contributed by atoms with Gasteiger partial charge in [-0.05, 0) is 66.1 Å². The van der Waals surface area contributed by atoms with Crippen molar-refractivity contribution in [1.82, 2.24) is 0 Å². The van der Waals surface area contributed by atoms with Crippen molar-refractivity contribution < 1.29 is 37.6 Å². The standard InChI is InChI=1S/C31H51BrO8Si/c1-12-17-19-14-22(32)24-20(18(19)13-21(17)29(33)37-9)15-23(26(24)40-41(10,11)31(3,4)5)39-30-28(36-8)27(35-7)25(34-6)16(2)38-30/h12,14,16-21,23-28,30H,1,13,15H2,2-11H3/t16-,17+,18+,19-,20-,21-,23-,24+,25-,26-,27+,28+,30-/m0/s1. The molecule has 0 unspecified atom stereocenters. The highest BCUT2D eigenvalue weighted by atomic mass is 79.9. The monoisotopic (exact) mass is 658 g/mol. The van der Waals surface area contributed by atoms with E-state index in [9.17, 15) is 4.79 Å². The third-order valence-electron chi connectivity index (χ3n) is 10.7. The van der Waals surface area contributed by atoms with E-state index in [-0.39, 0.29) is 71.1 Å². The van der Waals surface area contributed by atoms with Gasteiger partial charge in [0.05, 0.1) is 31.3 Å². The Morgan fingerprint density at radius 2 is 1.66 bits per heavy atom. The van der Waals surface area contributed by atoms with E-state index in [1.807, 2.05) is 13.0 Å². The second kappa shape index (κ2) is 12.8. The molecule has 13 atom stereocenters. The van der Waals surface area contributed by atoms with Gasteiger partial charge in [0.1, 0.15) is 18.3 Å². The molecule has 0 aromatic carbocycles. The first kappa shape index (κ1) is 33.3. The molecular formula is C31H51BrO8Si. The van der Waals surface area contributed by atoms with Crippen LogP contribution in [-0.2, 0) is 37.6 Å². The Morgan fingerprint density at radius 3 is 2.20 bits per heavy atom. The third kappa shape index (κ3) is 6.06. The number of carbonyl (C=O) groups excluding carboxylic acids is 1. The number of allylic oxidation sites excluding steroid dienone is 2. The molecule has 3 aliphatic carbocycles. The zero-order chi connectivity index (χ0) is 30.4. The molecule has 8 nitrogen and oxygen atoms in total. The van der Waals surface area contributed by atoms with E-state index in [2.05, 4.69) is 62.5 Å². The smallest absolute Gasteiger partial charge is 0.309 e. The number of halogens is 1. The molecule has 1 saturated heterocycles. The minimum absolute atomic E-state index is 0.0258. The van der Waals surface area contributed by atoms with E-state index in [1.165, 1.54) is 7.11 Å². The summed E-state index contributed by atoms with van der Waals surface area (Å²) in [6, 6.07) is 0. The molecule has 2 saturated carbocycles. The van der Waals surface area contributed by atoms with Gasteiger partial charge < -0.3 is 32.8 Å². The highest BCUT2D eigenvalue weighted by Gasteiger charge is 2.60. The molecule has 0 spiro atoms. The van der Waals surface area contributed by atoms with E-state index in [4.69, 9.17) is 32.8 Å². The van der Waals surface area contributed by atoms with Crippen LogP contribution >= 0.6 is 15.9 Å². The Balaban J connectivity index is 1.69. The van der Waals surface area contributed by atoms with Crippen molar-refractivity contribution in [3.8, 4) is 0 Å². The summed E-state index contributed by atoms with van der Waals surface area (Å²) in [6.45, 7) is 17.4. The van der Waals surface area contributed by atoms with Gasteiger partial charge in [0.15, 0.2) is 14.6 Å². The van der Waals surface area contributed by atoms with E-state index < -0.39 is 20.7 Å². The number of carbonyl (C=O) groups is 1.